The number of hydrogen-bond donors (Lipinski definition) is 2. The maximum absolute atomic E-state index is 12.5. The number of carbonyl (C=O) groups is 2. The molecule has 0 aliphatic carbocycles. The van der Waals surface area contributed by atoms with Crippen molar-refractivity contribution in [1.29, 1.82) is 0 Å². The molecule has 8 heteroatoms. The molecular weight excluding hydrogens is 382 g/mol. The van der Waals surface area contributed by atoms with Crippen LogP contribution in [0.4, 0.5) is 5.69 Å². The standard InChI is InChI=1S/C20H20ClN3O4/c1-2-3-12-22-20(26)18(13-14-4-8-16(21)9-5-14)23-19(25)15-6-10-17(11-7-15)24(27)28/h4-11,13H,2-3,12H2,1H3,(H,22,26)(H,23,25)/b18-13-. The highest BCUT2D eigenvalue weighted by Gasteiger charge is 2.15. The van der Waals surface area contributed by atoms with E-state index in [1.165, 1.54) is 24.3 Å². The molecule has 0 saturated heterocycles. The normalized spacial score (nSPS) is 11.0. The van der Waals surface area contributed by atoms with E-state index in [1.54, 1.807) is 30.3 Å². The summed E-state index contributed by atoms with van der Waals surface area (Å²) in [6, 6.07) is 11.9. The van der Waals surface area contributed by atoms with Gasteiger partial charge in [-0.3, -0.25) is 19.7 Å². The molecule has 0 unspecified atom stereocenters. The van der Waals surface area contributed by atoms with Crippen LogP contribution in [0, 0.1) is 10.1 Å². The van der Waals surface area contributed by atoms with Gasteiger partial charge in [-0.1, -0.05) is 37.1 Å². The molecule has 0 aromatic heterocycles. The molecule has 0 atom stereocenters. The van der Waals surface area contributed by atoms with E-state index >= 15 is 0 Å². The van der Waals surface area contributed by atoms with E-state index in [9.17, 15) is 19.7 Å². The lowest BCUT2D eigenvalue weighted by Crippen LogP contribution is -2.35. The third-order valence-electron chi connectivity index (χ3n) is 3.83. The molecule has 2 amide bonds. The van der Waals surface area contributed by atoms with Crippen molar-refractivity contribution in [1.82, 2.24) is 10.6 Å². The Morgan fingerprint density at radius 3 is 2.32 bits per heavy atom. The van der Waals surface area contributed by atoms with Crippen LogP contribution in [0.25, 0.3) is 6.08 Å². The summed E-state index contributed by atoms with van der Waals surface area (Å²) >= 11 is 5.88. The Morgan fingerprint density at radius 1 is 1.11 bits per heavy atom. The largest absolute Gasteiger partial charge is 0.351 e. The molecule has 146 valence electrons. The van der Waals surface area contributed by atoms with Gasteiger partial charge < -0.3 is 10.6 Å². The van der Waals surface area contributed by atoms with E-state index in [-0.39, 0.29) is 16.9 Å². The number of hydrogen-bond acceptors (Lipinski definition) is 4. The number of non-ortho nitro benzene ring substituents is 1. The maximum Gasteiger partial charge on any atom is 0.269 e. The minimum absolute atomic E-state index is 0.0711. The summed E-state index contributed by atoms with van der Waals surface area (Å²) in [5, 5.41) is 16.6. The second-order valence-electron chi connectivity index (χ2n) is 5.98. The van der Waals surface area contributed by atoms with E-state index in [4.69, 9.17) is 11.6 Å². The van der Waals surface area contributed by atoms with Gasteiger partial charge in [-0.25, -0.2) is 0 Å². The molecule has 28 heavy (non-hydrogen) atoms. The summed E-state index contributed by atoms with van der Waals surface area (Å²) in [7, 11) is 0. The number of rotatable bonds is 8. The molecule has 0 heterocycles. The van der Waals surface area contributed by atoms with Crippen molar-refractivity contribution in [2.45, 2.75) is 19.8 Å². The molecule has 0 saturated carbocycles. The van der Waals surface area contributed by atoms with Gasteiger partial charge in [0.2, 0.25) is 0 Å². The molecule has 2 rings (SSSR count). The number of carbonyl (C=O) groups excluding carboxylic acids is 2. The lowest BCUT2D eigenvalue weighted by molar-refractivity contribution is -0.384. The van der Waals surface area contributed by atoms with Crippen LogP contribution in [0.5, 0.6) is 0 Å². The third-order valence-corrected chi connectivity index (χ3v) is 4.08. The SMILES string of the molecule is CCCCNC(=O)/C(=C/c1ccc(Cl)cc1)NC(=O)c1ccc([N+](=O)[O-])cc1. The Hall–Kier alpha value is -3.19. The summed E-state index contributed by atoms with van der Waals surface area (Å²) in [5.41, 5.74) is 0.843. The average Bonchev–Trinajstić information content (AvgIpc) is 2.69. The number of nitrogens with zero attached hydrogens (tertiary/aromatic N) is 1. The minimum Gasteiger partial charge on any atom is -0.351 e. The first-order valence-electron chi connectivity index (χ1n) is 8.72. The maximum atomic E-state index is 12.5. The minimum atomic E-state index is -0.547. The van der Waals surface area contributed by atoms with Gasteiger partial charge in [-0.15, -0.1) is 0 Å². The fourth-order valence-corrected chi connectivity index (χ4v) is 2.41. The highest BCUT2D eigenvalue weighted by molar-refractivity contribution is 6.30. The zero-order valence-electron chi connectivity index (χ0n) is 15.3. The van der Waals surface area contributed by atoms with Gasteiger partial charge in [0.05, 0.1) is 4.92 Å². The topological polar surface area (TPSA) is 101 Å². The summed E-state index contributed by atoms with van der Waals surface area (Å²) in [6.45, 7) is 2.49. The van der Waals surface area contributed by atoms with Crippen LogP contribution in [-0.4, -0.2) is 23.3 Å². The van der Waals surface area contributed by atoms with Crippen molar-refractivity contribution >= 4 is 35.2 Å². The molecule has 2 N–H and O–H groups in total. The Morgan fingerprint density at radius 2 is 1.75 bits per heavy atom. The highest BCUT2D eigenvalue weighted by atomic mass is 35.5. The zero-order valence-corrected chi connectivity index (χ0v) is 16.0. The van der Waals surface area contributed by atoms with Gasteiger partial charge in [0.15, 0.2) is 0 Å². The van der Waals surface area contributed by atoms with Crippen LogP contribution < -0.4 is 10.6 Å². The van der Waals surface area contributed by atoms with Crippen molar-refractivity contribution in [3.8, 4) is 0 Å². The fraction of sp³-hybridized carbons (Fsp3) is 0.200. The van der Waals surface area contributed by atoms with Crippen molar-refractivity contribution in [2.75, 3.05) is 6.54 Å². The van der Waals surface area contributed by atoms with E-state index in [0.717, 1.165) is 12.8 Å². The number of unbranched alkanes of at least 4 members (excludes halogenated alkanes) is 1. The van der Waals surface area contributed by atoms with Crippen LogP contribution in [0.15, 0.2) is 54.2 Å². The molecule has 0 spiro atoms. The number of halogens is 1. The van der Waals surface area contributed by atoms with Crippen molar-refractivity contribution in [3.63, 3.8) is 0 Å². The summed E-state index contributed by atoms with van der Waals surface area (Å²) < 4.78 is 0. The number of nitrogens with one attached hydrogen (secondary N) is 2. The molecule has 0 fully saturated rings. The van der Waals surface area contributed by atoms with Crippen LogP contribution in [-0.2, 0) is 4.79 Å². The monoisotopic (exact) mass is 401 g/mol. The quantitative estimate of drug-likeness (QED) is 0.303. The van der Waals surface area contributed by atoms with Crippen molar-refractivity contribution in [2.24, 2.45) is 0 Å². The first-order valence-corrected chi connectivity index (χ1v) is 9.09. The molecular formula is C20H20ClN3O4. The summed E-state index contributed by atoms with van der Waals surface area (Å²) in [5.74, 6) is -0.959. The third kappa shape index (κ3) is 6.21. The number of amides is 2. The van der Waals surface area contributed by atoms with Gasteiger partial charge in [0, 0.05) is 29.3 Å². The van der Waals surface area contributed by atoms with E-state index in [1.807, 2.05) is 6.92 Å². The van der Waals surface area contributed by atoms with Gasteiger partial charge in [0.25, 0.3) is 17.5 Å². The zero-order chi connectivity index (χ0) is 20.5. The van der Waals surface area contributed by atoms with Crippen LogP contribution in [0.3, 0.4) is 0 Å². The predicted molar refractivity (Wildman–Crippen MR) is 108 cm³/mol. The number of nitro benzene ring substituents is 1. The van der Waals surface area contributed by atoms with Crippen molar-refractivity contribution < 1.29 is 14.5 Å². The highest BCUT2D eigenvalue weighted by Crippen LogP contribution is 2.14. The second-order valence-corrected chi connectivity index (χ2v) is 6.41. The molecule has 0 bridgehead atoms. The molecule has 2 aromatic carbocycles. The Bertz CT molecular complexity index is 877. The molecule has 0 radical (unpaired) electrons. The van der Waals surface area contributed by atoms with Crippen LogP contribution in [0.1, 0.15) is 35.7 Å². The van der Waals surface area contributed by atoms with Crippen LogP contribution >= 0.6 is 11.6 Å². The Kier molecular flexibility index (Phi) is 7.71. The van der Waals surface area contributed by atoms with Gasteiger partial charge >= 0.3 is 0 Å². The lowest BCUT2D eigenvalue weighted by atomic mass is 10.1. The van der Waals surface area contributed by atoms with Gasteiger partial charge in [-0.2, -0.15) is 0 Å². The van der Waals surface area contributed by atoms with Crippen molar-refractivity contribution in [3.05, 3.63) is 80.5 Å². The van der Waals surface area contributed by atoms with E-state index < -0.39 is 16.7 Å². The smallest absolute Gasteiger partial charge is 0.269 e. The average molecular weight is 402 g/mol. The van der Waals surface area contributed by atoms with Gasteiger partial charge in [-0.05, 0) is 42.3 Å². The van der Waals surface area contributed by atoms with E-state index in [2.05, 4.69) is 10.6 Å². The summed E-state index contributed by atoms with van der Waals surface area (Å²) in [4.78, 5) is 35.2. The predicted octanol–water partition coefficient (Wildman–Crippen LogP) is 3.94. The van der Waals surface area contributed by atoms with E-state index in [0.29, 0.717) is 17.1 Å². The first-order chi connectivity index (χ1) is 13.4. The Labute approximate surface area is 167 Å². The molecule has 2 aromatic rings. The number of benzene rings is 2. The second kappa shape index (κ2) is 10.2. The summed E-state index contributed by atoms with van der Waals surface area (Å²) in [6.07, 6.45) is 3.28. The fourth-order valence-electron chi connectivity index (χ4n) is 2.29. The van der Waals surface area contributed by atoms with Gasteiger partial charge in [0.1, 0.15) is 5.70 Å². The first kappa shape index (κ1) is 21.1. The molecule has 0 aliphatic heterocycles. The molecule has 0 aliphatic rings. The molecule has 7 nitrogen and oxygen atoms in total. The lowest BCUT2D eigenvalue weighted by Gasteiger charge is -2.11. The number of nitro groups is 1. The Balaban J connectivity index is 2.22. The van der Waals surface area contributed by atoms with Crippen LogP contribution in [0.2, 0.25) is 5.02 Å².